The van der Waals surface area contributed by atoms with Crippen LogP contribution in [0.25, 0.3) is 0 Å². The molecule has 1 aliphatic rings. The van der Waals surface area contributed by atoms with Crippen molar-refractivity contribution in [2.24, 2.45) is 0 Å². The van der Waals surface area contributed by atoms with Crippen molar-refractivity contribution in [1.29, 1.82) is 0 Å². The first-order valence-electron chi connectivity index (χ1n) is 15.1. The van der Waals surface area contributed by atoms with Crippen molar-refractivity contribution in [2.45, 2.75) is 82.7 Å². The molecular weight excluding hydrogens is 582 g/mol. The van der Waals surface area contributed by atoms with E-state index in [4.69, 9.17) is 11.6 Å². The summed E-state index contributed by atoms with van der Waals surface area (Å²) in [7, 11) is -4.15. The third kappa shape index (κ3) is 8.39. The standard InChI is InChI=1S/C34H42ClN3O4S/c1-4-31(34(40)36-29-13-9-6-10-14-29)37(22-21-27-11-7-5-8-12-27)33(39)24-38(32-23-28(35)18-17-26(32)3)43(41,42)30-19-15-25(2)16-20-30/h5,7-8,11-12,15-20,23,29,31H,4,6,9-10,13-14,21-22,24H2,1-3H3,(H,36,40)/t31-/m0/s1. The van der Waals surface area contributed by atoms with E-state index in [1.54, 1.807) is 54.3 Å². The van der Waals surface area contributed by atoms with Crippen molar-refractivity contribution >= 4 is 39.1 Å². The third-order valence-corrected chi connectivity index (χ3v) is 10.2. The van der Waals surface area contributed by atoms with Crippen molar-refractivity contribution in [2.75, 3.05) is 17.4 Å². The highest BCUT2D eigenvalue weighted by Gasteiger charge is 2.34. The van der Waals surface area contributed by atoms with E-state index in [-0.39, 0.29) is 23.4 Å². The zero-order valence-corrected chi connectivity index (χ0v) is 26.8. The van der Waals surface area contributed by atoms with Crippen LogP contribution in [0.3, 0.4) is 0 Å². The molecule has 4 rings (SSSR count). The van der Waals surface area contributed by atoms with Gasteiger partial charge in [-0.15, -0.1) is 0 Å². The van der Waals surface area contributed by atoms with Gasteiger partial charge in [0, 0.05) is 17.6 Å². The number of amides is 2. The van der Waals surface area contributed by atoms with Crippen LogP contribution in [0.2, 0.25) is 5.02 Å². The second-order valence-electron chi connectivity index (χ2n) is 11.3. The summed E-state index contributed by atoms with van der Waals surface area (Å²) in [5.74, 6) is -0.640. The van der Waals surface area contributed by atoms with Crippen LogP contribution in [0.5, 0.6) is 0 Å². The third-order valence-electron chi connectivity index (χ3n) is 8.15. The monoisotopic (exact) mass is 623 g/mol. The van der Waals surface area contributed by atoms with Gasteiger partial charge in [-0.1, -0.05) is 91.9 Å². The van der Waals surface area contributed by atoms with Gasteiger partial charge < -0.3 is 10.2 Å². The number of hydrogen-bond acceptors (Lipinski definition) is 4. The van der Waals surface area contributed by atoms with Crippen LogP contribution in [-0.2, 0) is 26.0 Å². The van der Waals surface area contributed by atoms with E-state index in [1.165, 1.54) is 6.42 Å². The molecule has 1 aliphatic carbocycles. The SMILES string of the molecule is CC[C@@H](C(=O)NC1CCCCC1)N(CCc1ccccc1)C(=O)CN(c1cc(Cl)ccc1C)S(=O)(=O)c1ccc(C)cc1. The number of sulfonamides is 1. The molecular formula is C34H42ClN3O4S. The molecule has 1 fully saturated rings. The summed E-state index contributed by atoms with van der Waals surface area (Å²) in [5, 5.41) is 3.54. The molecule has 0 unspecified atom stereocenters. The van der Waals surface area contributed by atoms with Gasteiger partial charge >= 0.3 is 0 Å². The normalized spacial score (nSPS) is 14.6. The summed E-state index contributed by atoms with van der Waals surface area (Å²) in [6.07, 6.45) is 6.10. The van der Waals surface area contributed by atoms with E-state index in [1.807, 2.05) is 44.2 Å². The predicted octanol–water partition coefficient (Wildman–Crippen LogP) is 6.45. The van der Waals surface area contributed by atoms with E-state index in [0.717, 1.165) is 41.1 Å². The summed E-state index contributed by atoms with van der Waals surface area (Å²) in [6.45, 7) is 5.35. The molecule has 3 aromatic carbocycles. The van der Waals surface area contributed by atoms with E-state index in [2.05, 4.69) is 5.32 Å². The number of carbonyl (C=O) groups is 2. The number of carbonyl (C=O) groups excluding carboxylic acids is 2. The number of benzene rings is 3. The van der Waals surface area contributed by atoms with Crippen LogP contribution in [0.4, 0.5) is 5.69 Å². The molecule has 1 atom stereocenters. The molecule has 0 heterocycles. The van der Waals surface area contributed by atoms with Gasteiger partial charge in [-0.05, 0) is 74.9 Å². The van der Waals surface area contributed by atoms with E-state index < -0.39 is 28.5 Å². The van der Waals surface area contributed by atoms with Crippen molar-refractivity contribution in [3.63, 3.8) is 0 Å². The Bertz CT molecular complexity index is 1490. The maximum Gasteiger partial charge on any atom is 0.264 e. The molecule has 0 aromatic heterocycles. The van der Waals surface area contributed by atoms with Crippen molar-refractivity contribution in [3.05, 3.63) is 94.5 Å². The van der Waals surface area contributed by atoms with Gasteiger partial charge in [0.1, 0.15) is 12.6 Å². The molecule has 3 aromatic rings. The van der Waals surface area contributed by atoms with Gasteiger partial charge in [0.05, 0.1) is 10.6 Å². The molecule has 0 bridgehead atoms. The maximum absolute atomic E-state index is 14.3. The molecule has 230 valence electrons. The largest absolute Gasteiger partial charge is 0.352 e. The highest BCUT2D eigenvalue weighted by Crippen LogP contribution is 2.30. The molecule has 7 nitrogen and oxygen atoms in total. The van der Waals surface area contributed by atoms with E-state index >= 15 is 0 Å². The molecule has 1 N–H and O–H groups in total. The lowest BCUT2D eigenvalue weighted by Gasteiger charge is -2.34. The molecule has 0 saturated heterocycles. The predicted molar refractivity (Wildman–Crippen MR) is 173 cm³/mol. The van der Waals surface area contributed by atoms with Gasteiger partial charge in [-0.3, -0.25) is 13.9 Å². The Kier molecular flexibility index (Phi) is 11.3. The lowest BCUT2D eigenvalue weighted by atomic mass is 9.95. The molecule has 1 saturated carbocycles. The Balaban J connectivity index is 1.70. The molecule has 0 radical (unpaired) electrons. The maximum atomic E-state index is 14.3. The molecule has 43 heavy (non-hydrogen) atoms. The van der Waals surface area contributed by atoms with Gasteiger partial charge in [-0.25, -0.2) is 8.42 Å². The van der Waals surface area contributed by atoms with Gasteiger partial charge in [0.2, 0.25) is 11.8 Å². The van der Waals surface area contributed by atoms with Crippen LogP contribution < -0.4 is 9.62 Å². The van der Waals surface area contributed by atoms with Gasteiger partial charge in [0.15, 0.2) is 0 Å². The Hall–Kier alpha value is -3.36. The van der Waals surface area contributed by atoms with Crippen LogP contribution in [0.1, 0.15) is 62.1 Å². The fourth-order valence-electron chi connectivity index (χ4n) is 5.64. The average molecular weight is 624 g/mol. The van der Waals surface area contributed by atoms with Crippen LogP contribution >= 0.6 is 11.6 Å². The summed E-state index contributed by atoms with van der Waals surface area (Å²) in [5.41, 5.74) is 2.93. The van der Waals surface area contributed by atoms with Gasteiger partial charge in [-0.2, -0.15) is 0 Å². The highest BCUT2D eigenvalue weighted by atomic mass is 35.5. The summed E-state index contributed by atoms with van der Waals surface area (Å²) in [6, 6.07) is 20.7. The number of hydrogen-bond donors (Lipinski definition) is 1. The minimum absolute atomic E-state index is 0.0724. The van der Waals surface area contributed by atoms with Gasteiger partial charge in [0.25, 0.3) is 10.0 Å². The lowest BCUT2D eigenvalue weighted by Crippen LogP contribution is -2.54. The smallest absolute Gasteiger partial charge is 0.264 e. The fraction of sp³-hybridized carbons (Fsp3) is 0.412. The van der Waals surface area contributed by atoms with E-state index in [0.29, 0.717) is 29.1 Å². The number of aryl methyl sites for hydroxylation is 2. The van der Waals surface area contributed by atoms with Crippen molar-refractivity contribution < 1.29 is 18.0 Å². The molecule has 0 spiro atoms. The minimum Gasteiger partial charge on any atom is -0.352 e. The zero-order valence-electron chi connectivity index (χ0n) is 25.3. The van der Waals surface area contributed by atoms with Crippen LogP contribution in [-0.4, -0.2) is 50.3 Å². The summed E-state index contributed by atoms with van der Waals surface area (Å²) >= 11 is 6.33. The Morgan fingerprint density at radius 2 is 1.63 bits per heavy atom. The number of halogens is 1. The van der Waals surface area contributed by atoms with Crippen molar-refractivity contribution in [3.8, 4) is 0 Å². The lowest BCUT2D eigenvalue weighted by molar-refractivity contribution is -0.140. The number of rotatable bonds is 12. The first-order valence-corrected chi connectivity index (χ1v) is 16.9. The number of anilines is 1. The molecule has 9 heteroatoms. The highest BCUT2D eigenvalue weighted by molar-refractivity contribution is 7.92. The Morgan fingerprint density at radius 3 is 2.28 bits per heavy atom. The first kappa shape index (κ1) is 32.6. The number of nitrogens with zero attached hydrogens (tertiary/aromatic N) is 2. The minimum atomic E-state index is -4.15. The number of nitrogens with one attached hydrogen (secondary N) is 1. The van der Waals surface area contributed by atoms with E-state index in [9.17, 15) is 18.0 Å². The second kappa shape index (κ2) is 14.9. The topological polar surface area (TPSA) is 86.8 Å². The van der Waals surface area contributed by atoms with Crippen LogP contribution in [0.15, 0.2) is 77.7 Å². The van der Waals surface area contributed by atoms with Crippen LogP contribution in [0, 0.1) is 13.8 Å². The fourth-order valence-corrected chi connectivity index (χ4v) is 7.28. The summed E-state index contributed by atoms with van der Waals surface area (Å²) < 4.78 is 29.4. The molecule has 2 amide bonds. The molecule has 0 aliphatic heterocycles. The Labute approximate surface area is 261 Å². The quantitative estimate of drug-likeness (QED) is 0.251. The van der Waals surface area contributed by atoms with Crippen molar-refractivity contribution in [1.82, 2.24) is 10.2 Å². The Morgan fingerprint density at radius 1 is 0.953 bits per heavy atom. The average Bonchev–Trinajstić information content (AvgIpc) is 3.00. The summed E-state index contributed by atoms with van der Waals surface area (Å²) in [4.78, 5) is 29.6. The second-order valence-corrected chi connectivity index (χ2v) is 13.6. The zero-order chi connectivity index (χ0) is 31.0. The first-order chi connectivity index (χ1) is 20.6.